The molecule has 5 heteroatoms. The zero-order valence-corrected chi connectivity index (χ0v) is 9.05. The Hall–Kier alpha value is -1.81. The van der Waals surface area contributed by atoms with Gasteiger partial charge in [0.2, 0.25) is 0 Å². The van der Waals surface area contributed by atoms with Gasteiger partial charge < -0.3 is 9.67 Å². The second kappa shape index (κ2) is 4.37. The molecule has 2 aromatic rings. The highest BCUT2D eigenvalue weighted by molar-refractivity contribution is 6.30. The Balaban J connectivity index is 2.24. The number of aromatic nitrogens is 2. The molecule has 0 saturated heterocycles. The topological polar surface area (TPSA) is 55.1 Å². The number of nitrogens with zero attached hydrogens (tertiary/aromatic N) is 2. The molecule has 1 aromatic heterocycles. The van der Waals surface area contributed by atoms with Gasteiger partial charge in [0.25, 0.3) is 0 Å². The zero-order chi connectivity index (χ0) is 11.5. The molecule has 2 rings (SSSR count). The highest BCUT2D eigenvalue weighted by Gasteiger charge is 2.04. The molecular formula is C11H9ClN2O2. The number of benzene rings is 1. The van der Waals surface area contributed by atoms with Crippen molar-refractivity contribution in [2.45, 2.75) is 6.54 Å². The molecule has 0 aliphatic rings. The maximum absolute atomic E-state index is 10.5. The van der Waals surface area contributed by atoms with Crippen molar-refractivity contribution in [3.8, 4) is 11.3 Å². The van der Waals surface area contributed by atoms with E-state index in [1.807, 2.05) is 12.1 Å². The summed E-state index contributed by atoms with van der Waals surface area (Å²) in [7, 11) is 0. The van der Waals surface area contributed by atoms with E-state index in [-0.39, 0.29) is 6.54 Å². The van der Waals surface area contributed by atoms with Crippen molar-refractivity contribution in [3.05, 3.63) is 41.8 Å². The van der Waals surface area contributed by atoms with E-state index in [0.29, 0.717) is 5.02 Å². The largest absolute Gasteiger partial charge is 0.480 e. The molecule has 0 atom stereocenters. The van der Waals surface area contributed by atoms with Gasteiger partial charge in [-0.15, -0.1) is 0 Å². The Bertz CT molecular complexity index is 505. The third-order valence-corrected chi connectivity index (χ3v) is 2.34. The molecule has 1 heterocycles. The number of hydrogen-bond donors (Lipinski definition) is 1. The van der Waals surface area contributed by atoms with Crippen LogP contribution in [0.1, 0.15) is 0 Å². The minimum atomic E-state index is -0.889. The van der Waals surface area contributed by atoms with Crippen LogP contribution in [0.2, 0.25) is 5.02 Å². The highest BCUT2D eigenvalue weighted by Crippen LogP contribution is 2.19. The Kier molecular flexibility index (Phi) is 2.92. The average molecular weight is 237 g/mol. The molecular weight excluding hydrogens is 228 g/mol. The summed E-state index contributed by atoms with van der Waals surface area (Å²) in [5.74, 6) is -0.889. The van der Waals surface area contributed by atoms with Crippen LogP contribution in [0, 0.1) is 0 Å². The van der Waals surface area contributed by atoms with Crippen LogP contribution >= 0.6 is 11.6 Å². The summed E-state index contributed by atoms with van der Waals surface area (Å²) in [4.78, 5) is 14.6. The molecule has 0 unspecified atom stereocenters. The minimum Gasteiger partial charge on any atom is -0.480 e. The van der Waals surface area contributed by atoms with Crippen molar-refractivity contribution in [2.24, 2.45) is 0 Å². The number of carboxylic acids is 1. The predicted octanol–water partition coefficient (Wildman–Crippen LogP) is 2.29. The average Bonchev–Trinajstić information content (AvgIpc) is 2.66. The molecule has 0 spiro atoms. The molecule has 1 aromatic carbocycles. The lowest BCUT2D eigenvalue weighted by Gasteiger charge is -1.96. The van der Waals surface area contributed by atoms with E-state index in [1.54, 1.807) is 18.3 Å². The van der Waals surface area contributed by atoms with Gasteiger partial charge in [0.05, 0.1) is 12.0 Å². The summed E-state index contributed by atoms with van der Waals surface area (Å²) in [6.07, 6.45) is 3.19. The van der Waals surface area contributed by atoms with Crippen LogP contribution in [0.25, 0.3) is 11.3 Å². The molecule has 0 aliphatic carbocycles. The van der Waals surface area contributed by atoms with Crippen LogP contribution in [-0.2, 0) is 11.3 Å². The summed E-state index contributed by atoms with van der Waals surface area (Å²) in [6, 6.07) is 7.23. The van der Waals surface area contributed by atoms with Gasteiger partial charge in [-0.05, 0) is 12.1 Å². The van der Waals surface area contributed by atoms with Crippen LogP contribution in [0.5, 0.6) is 0 Å². The number of carbonyl (C=O) groups is 1. The standard InChI is InChI=1S/C11H9ClN2O2/c12-9-3-1-8(2-4-9)10-5-14(7-13-10)6-11(15)16/h1-5,7H,6H2,(H,15,16). The summed E-state index contributed by atoms with van der Waals surface area (Å²) in [5, 5.41) is 9.28. The van der Waals surface area contributed by atoms with Gasteiger partial charge in [0.15, 0.2) is 0 Å². The van der Waals surface area contributed by atoms with Gasteiger partial charge in [-0.25, -0.2) is 4.98 Å². The Morgan fingerprint density at radius 3 is 2.69 bits per heavy atom. The summed E-state index contributed by atoms with van der Waals surface area (Å²) < 4.78 is 1.52. The quantitative estimate of drug-likeness (QED) is 0.890. The second-order valence-electron chi connectivity index (χ2n) is 3.33. The molecule has 82 valence electrons. The van der Waals surface area contributed by atoms with Gasteiger partial charge >= 0.3 is 5.97 Å². The normalized spacial score (nSPS) is 10.3. The van der Waals surface area contributed by atoms with E-state index < -0.39 is 5.97 Å². The Morgan fingerprint density at radius 1 is 1.38 bits per heavy atom. The first-order chi connectivity index (χ1) is 7.65. The van der Waals surface area contributed by atoms with E-state index in [2.05, 4.69) is 4.98 Å². The first-order valence-corrected chi connectivity index (χ1v) is 5.02. The van der Waals surface area contributed by atoms with Crippen LogP contribution < -0.4 is 0 Å². The Labute approximate surface area is 97.1 Å². The molecule has 0 fully saturated rings. The molecule has 0 radical (unpaired) electrons. The highest BCUT2D eigenvalue weighted by atomic mass is 35.5. The number of imidazole rings is 1. The second-order valence-corrected chi connectivity index (χ2v) is 3.77. The molecule has 4 nitrogen and oxygen atoms in total. The third-order valence-electron chi connectivity index (χ3n) is 2.09. The van der Waals surface area contributed by atoms with E-state index in [0.717, 1.165) is 11.3 Å². The van der Waals surface area contributed by atoms with Crippen LogP contribution in [0.3, 0.4) is 0 Å². The first-order valence-electron chi connectivity index (χ1n) is 4.64. The SMILES string of the molecule is O=C(O)Cn1cnc(-c2ccc(Cl)cc2)c1. The fourth-order valence-electron chi connectivity index (χ4n) is 1.37. The zero-order valence-electron chi connectivity index (χ0n) is 8.30. The molecule has 1 N–H and O–H groups in total. The lowest BCUT2D eigenvalue weighted by atomic mass is 10.2. The van der Waals surface area contributed by atoms with Crippen LogP contribution in [-0.4, -0.2) is 20.6 Å². The number of aliphatic carboxylic acids is 1. The number of halogens is 1. The van der Waals surface area contributed by atoms with Crippen LogP contribution in [0.15, 0.2) is 36.8 Å². The maximum Gasteiger partial charge on any atom is 0.323 e. The van der Waals surface area contributed by atoms with Gasteiger partial charge in [0.1, 0.15) is 6.54 Å². The van der Waals surface area contributed by atoms with Crippen molar-refractivity contribution in [2.75, 3.05) is 0 Å². The smallest absolute Gasteiger partial charge is 0.323 e. The van der Waals surface area contributed by atoms with Crippen molar-refractivity contribution < 1.29 is 9.90 Å². The molecule has 0 amide bonds. The van der Waals surface area contributed by atoms with E-state index >= 15 is 0 Å². The first kappa shape index (κ1) is 10.7. The van der Waals surface area contributed by atoms with Crippen molar-refractivity contribution in [3.63, 3.8) is 0 Å². The van der Waals surface area contributed by atoms with Crippen molar-refractivity contribution >= 4 is 17.6 Å². The fourth-order valence-corrected chi connectivity index (χ4v) is 1.50. The van der Waals surface area contributed by atoms with Gasteiger partial charge in [0, 0.05) is 16.8 Å². The third kappa shape index (κ3) is 2.41. The van der Waals surface area contributed by atoms with Crippen molar-refractivity contribution in [1.29, 1.82) is 0 Å². The number of rotatable bonds is 3. The van der Waals surface area contributed by atoms with Gasteiger partial charge in [-0.2, -0.15) is 0 Å². The van der Waals surface area contributed by atoms with Gasteiger partial charge in [-0.3, -0.25) is 4.79 Å². The lowest BCUT2D eigenvalue weighted by Crippen LogP contribution is -2.06. The maximum atomic E-state index is 10.5. The van der Waals surface area contributed by atoms with Crippen LogP contribution in [0.4, 0.5) is 0 Å². The van der Waals surface area contributed by atoms with E-state index in [4.69, 9.17) is 16.7 Å². The molecule has 0 saturated carbocycles. The summed E-state index contributed by atoms with van der Waals surface area (Å²) >= 11 is 5.77. The molecule has 0 aliphatic heterocycles. The Morgan fingerprint density at radius 2 is 2.06 bits per heavy atom. The molecule has 16 heavy (non-hydrogen) atoms. The summed E-state index contributed by atoms with van der Waals surface area (Å²) in [5.41, 5.74) is 1.64. The lowest BCUT2D eigenvalue weighted by molar-refractivity contribution is -0.137. The van der Waals surface area contributed by atoms with E-state index in [9.17, 15) is 4.79 Å². The van der Waals surface area contributed by atoms with Gasteiger partial charge in [-0.1, -0.05) is 23.7 Å². The predicted molar refractivity (Wildman–Crippen MR) is 60.3 cm³/mol. The number of carboxylic acid groups (broad SMARTS) is 1. The summed E-state index contributed by atoms with van der Waals surface area (Å²) in [6.45, 7) is -0.0827. The van der Waals surface area contributed by atoms with Crippen molar-refractivity contribution in [1.82, 2.24) is 9.55 Å². The minimum absolute atomic E-state index is 0.0827. The number of hydrogen-bond acceptors (Lipinski definition) is 2. The van der Waals surface area contributed by atoms with E-state index in [1.165, 1.54) is 10.9 Å². The molecule has 0 bridgehead atoms. The monoisotopic (exact) mass is 236 g/mol. The fraction of sp³-hybridized carbons (Fsp3) is 0.0909.